The minimum atomic E-state index is -4.44. The van der Waals surface area contributed by atoms with Crippen LogP contribution in [0.4, 0.5) is 13.2 Å². The number of benzene rings is 1. The number of alkyl halides is 3. The number of hydrogen-bond acceptors (Lipinski definition) is 5. The first-order valence-corrected chi connectivity index (χ1v) is 8.72. The molecule has 0 radical (unpaired) electrons. The summed E-state index contributed by atoms with van der Waals surface area (Å²) in [5.41, 5.74) is -0.566. The molecule has 26 heavy (non-hydrogen) atoms. The lowest BCUT2D eigenvalue weighted by molar-refractivity contribution is -0.137. The molecular formula is C18H18F3N3O2. The molecule has 0 amide bonds. The van der Waals surface area contributed by atoms with Gasteiger partial charge in [0.25, 0.3) is 0 Å². The lowest BCUT2D eigenvalue weighted by Gasteiger charge is -2.37. The van der Waals surface area contributed by atoms with Gasteiger partial charge in [0.2, 0.25) is 11.7 Å². The molecule has 1 aromatic carbocycles. The van der Waals surface area contributed by atoms with Gasteiger partial charge in [-0.05, 0) is 25.0 Å². The quantitative estimate of drug-likeness (QED) is 0.881. The summed E-state index contributed by atoms with van der Waals surface area (Å²) in [6.45, 7) is 0.421. The molecule has 1 aromatic heterocycles. The Hall–Kier alpha value is -2.22. The van der Waals surface area contributed by atoms with Crippen LogP contribution < -0.4 is 5.32 Å². The highest BCUT2D eigenvalue weighted by Gasteiger charge is 2.42. The first kappa shape index (κ1) is 17.2. The van der Waals surface area contributed by atoms with Gasteiger partial charge in [0.15, 0.2) is 5.78 Å². The van der Waals surface area contributed by atoms with Crippen LogP contribution in [0.3, 0.4) is 0 Å². The Bertz CT molecular complexity index is 818. The van der Waals surface area contributed by atoms with E-state index in [9.17, 15) is 18.0 Å². The summed E-state index contributed by atoms with van der Waals surface area (Å²) < 4.78 is 43.8. The number of aromatic nitrogens is 2. The molecule has 5 nitrogen and oxygen atoms in total. The fourth-order valence-corrected chi connectivity index (χ4v) is 3.88. The van der Waals surface area contributed by atoms with E-state index in [1.807, 2.05) is 0 Å². The van der Waals surface area contributed by atoms with E-state index < -0.39 is 17.7 Å². The van der Waals surface area contributed by atoms with Crippen molar-refractivity contribution in [1.82, 2.24) is 15.5 Å². The molecule has 4 rings (SSSR count). The molecule has 3 atom stereocenters. The molecule has 1 N–H and O–H groups in total. The van der Waals surface area contributed by atoms with E-state index >= 15 is 0 Å². The summed E-state index contributed by atoms with van der Waals surface area (Å²) in [5.74, 6) is -0.274. The van der Waals surface area contributed by atoms with Gasteiger partial charge >= 0.3 is 6.18 Å². The van der Waals surface area contributed by atoms with Gasteiger partial charge in [-0.25, -0.2) is 0 Å². The third kappa shape index (κ3) is 3.13. The van der Waals surface area contributed by atoms with Gasteiger partial charge in [0, 0.05) is 24.1 Å². The molecule has 2 aromatic rings. The Morgan fingerprint density at radius 2 is 2.00 bits per heavy atom. The highest BCUT2D eigenvalue weighted by molar-refractivity contribution is 5.88. The Kier molecular flexibility index (Phi) is 4.30. The zero-order valence-electron chi connectivity index (χ0n) is 13.9. The van der Waals surface area contributed by atoms with Gasteiger partial charge in [0.1, 0.15) is 5.92 Å². The highest BCUT2D eigenvalue weighted by atomic mass is 19.4. The maximum atomic E-state index is 12.9. The normalized spacial score (nSPS) is 26.6. The number of rotatable bonds is 2. The maximum Gasteiger partial charge on any atom is 0.416 e. The lowest BCUT2D eigenvalue weighted by Crippen LogP contribution is -2.51. The number of piperidine rings is 1. The van der Waals surface area contributed by atoms with Crippen molar-refractivity contribution in [3.8, 4) is 11.4 Å². The number of nitrogens with one attached hydrogen (secondary N) is 1. The molecule has 138 valence electrons. The van der Waals surface area contributed by atoms with Gasteiger partial charge in [-0.3, -0.25) is 4.79 Å². The molecule has 2 heterocycles. The van der Waals surface area contributed by atoms with Crippen molar-refractivity contribution < 1.29 is 22.5 Å². The number of halogens is 3. The van der Waals surface area contributed by atoms with Crippen LogP contribution in [0.5, 0.6) is 0 Å². The number of carbonyl (C=O) groups excluding carboxylic acids is 1. The van der Waals surface area contributed by atoms with Crippen LogP contribution in [-0.4, -0.2) is 28.5 Å². The summed E-state index contributed by atoms with van der Waals surface area (Å²) in [7, 11) is 0. The van der Waals surface area contributed by atoms with Crippen molar-refractivity contribution in [1.29, 1.82) is 0 Å². The third-order valence-electron chi connectivity index (χ3n) is 5.25. The van der Waals surface area contributed by atoms with Crippen molar-refractivity contribution in [2.75, 3.05) is 6.54 Å². The molecular weight excluding hydrogens is 347 g/mol. The Morgan fingerprint density at radius 1 is 1.19 bits per heavy atom. The summed E-state index contributed by atoms with van der Waals surface area (Å²) in [5, 5.41) is 7.17. The number of carbonyl (C=O) groups is 1. The fraction of sp³-hybridized carbons (Fsp3) is 0.500. The molecule has 1 saturated heterocycles. The van der Waals surface area contributed by atoms with Crippen molar-refractivity contribution in [3.05, 3.63) is 35.7 Å². The highest BCUT2D eigenvalue weighted by Crippen LogP contribution is 2.35. The van der Waals surface area contributed by atoms with Gasteiger partial charge in [-0.15, -0.1) is 0 Å². The van der Waals surface area contributed by atoms with E-state index in [4.69, 9.17) is 4.52 Å². The van der Waals surface area contributed by atoms with Crippen LogP contribution in [0.15, 0.2) is 28.8 Å². The zero-order valence-corrected chi connectivity index (χ0v) is 13.9. The molecule has 1 saturated carbocycles. The van der Waals surface area contributed by atoms with Crippen LogP contribution in [0.1, 0.15) is 43.1 Å². The van der Waals surface area contributed by atoms with Crippen LogP contribution >= 0.6 is 0 Å². The van der Waals surface area contributed by atoms with Crippen LogP contribution in [0.2, 0.25) is 0 Å². The molecule has 1 aliphatic carbocycles. The molecule has 0 bridgehead atoms. The van der Waals surface area contributed by atoms with Gasteiger partial charge in [-0.2, -0.15) is 18.2 Å². The second-order valence-corrected chi connectivity index (χ2v) is 6.90. The largest absolute Gasteiger partial charge is 0.416 e. The second-order valence-electron chi connectivity index (χ2n) is 6.90. The number of hydrogen-bond donors (Lipinski definition) is 1. The predicted octanol–water partition coefficient (Wildman–Crippen LogP) is 3.57. The smallest absolute Gasteiger partial charge is 0.338 e. The number of Topliss-reactive ketones (excluding diaryl/α,β-unsaturated/α-hetero) is 1. The van der Waals surface area contributed by atoms with E-state index in [-0.39, 0.29) is 35.0 Å². The molecule has 2 fully saturated rings. The number of nitrogens with zero attached hydrogens (tertiary/aromatic N) is 2. The Morgan fingerprint density at radius 3 is 2.81 bits per heavy atom. The van der Waals surface area contributed by atoms with E-state index in [0.717, 1.165) is 37.8 Å². The average molecular weight is 365 g/mol. The van der Waals surface area contributed by atoms with Crippen molar-refractivity contribution in [3.63, 3.8) is 0 Å². The van der Waals surface area contributed by atoms with E-state index in [2.05, 4.69) is 15.5 Å². The van der Waals surface area contributed by atoms with Crippen molar-refractivity contribution >= 4 is 5.78 Å². The van der Waals surface area contributed by atoms with Crippen molar-refractivity contribution in [2.24, 2.45) is 5.92 Å². The second kappa shape index (κ2) is 6.50. The first-order valence-electron chi connectivity index (χ1n) is 8.72. The van der Waals surface area contributed by atoms with Crippen LogP contribution in [-0.2, 0) is 11.0 Å². The van der Waals surface area contributed by atoms with E-state index in [1.54, 1.807) is 0 Å². The summed E-state index contributed by atoms with van der Waals surface area (Å²) in [4.78, 5) is 17.0. The molecule has 0 spiro atoms. The topological polar surface area (TPSA) is 68.0 Å². The number of fused-ring (bicyclic) bond motifs is 1. The minimum Gasteiger partial charge on any atom is -0.338 e. The first-order chi connectivity index (χ1) is 12.4. The summed E-state index contributed by atoms with van der Waals surface area (Å²) in [6, 6.07) is 4.96. The zero-order chi connectivity index (χ0) is 18.3. The lowest BCUT2D eigenvalue weighted by atomic mass is 9.75. The number of ketones is 1. The van der Waals surface area contributed by atoms with Gasteiger partial charge in [-0.1, -0.05) is 30.1 Å². The molecule has 8 heteroatoms. The molecule has 3 unspecified atom stereocenters. The molecule has 1 aliphatic heterocycles. The van der Waals surface area contributed by atoms with Gasteiger partial charge in [0.05, 0.1) is 5.56 Å². The average Bonchev–Trinajstić information content (AvgIpc) is 3.11. The summed E-state index contributed by atoms with van der Waals surface area (Å²) >= 11 is 0. The Balaban J connectivity index is 1.58. The van der Waals surface area contributed by atoms with E-state index in [0.29, 0.717) is 6.54 Å². The van der Waals surface area contributed by atoms with Crippen LogP contribution in [0, 0.1) is 5.92 Å². The van der Waals surface area contributed by atoms with Gasteiger partial charge < -0.3 is 9.84 Å². The van der Waals surface area contributed by atoms with Crippen molar-refractivity contribution in [2.45, 2.75) is 43.8 Å². The van der Waals surface area contributed by atoms with Crippen LogP contribution in [0.25, 0.3) is 11.4 Å². The SMILES string of the molecule is O=C1C(c2nc(-c3cccc(C(F)(F)F)c3)no2)CNC2CCCCC12. The monoisotopic (exact) mass is 365 g/mol. The standard InChI is InChI=1S/C18H18F3N3O2/c19-18(20,21)11-5-3-4-10(8-11)16-23-17(26-24-16)13-9-22-14-7-2-1-6-12(14)15(13)25/h3-5,8,12-14,22H,1-2,6-7,9H2. The fourth-order valence-electron chi connectivity index (χ4n) is 3.88. The third-order valence-corrected chi connectivity index (χ3v) is 5.25. The summed E-state index contributed by atoms with van der Waals surface area (Å²) in [6.07, 6.45) is -0.459. The Labute approximate surface area is 148 Å². The maximum absolute atomic E-state index is 12.9. The minimum absolute atomic E-state index is 0.0496. The molecule has 2 aliphatic rings. The van der Waals surface area contributed by atoms with E-state index in [1.165, 1.54) is 12.1 Å². The predicted molar refractivity (Wildman–Crippen MR) is 86.2 cm³/mol.